The Hall–Kier alpha value is -1.61. The van der Waals surface area contributed by atoms with Gasteiger partial charge < -0.3 is 5.73 Å². The molecule has 0 aliphatic rings. The van der Waals surface area contributed by atoms with E-state index in [1.165, 1.54) is 0 Å². The van der Waals surface area contributed by atoms with E-state index >= 15 is 0 Å². The number of anilines is 1. The van der Waals surface area contributed by atoms with Crippen molar-refractivity contribution in [2.24, 2.45) is 0 Å². The fourth-order valence-electron chi connectivity index (χ4n) is 1.83. The molecule has 3 heteroatoms. The molecule has 0 atom stereocenters. The molecular weight excluding hydrogens is 230 g/mol. The van der Waals surface area contributed by atoms with Crippen LogP contribution in [0.2, 0.25) is 0 Å². The number of thiophene rings is 1. The number of carbonyl (C=O) groups is 1. The van der Waals surface area contributed by atoms with Crippen molar-refractivity contribution in [1.29, 1.82) is 0 Å². The molecule has 0 saturated heterocycles. The van der Waals surface area contributed by atoms with Crippen LogP contribution < -0.4 is 5.73 Å². The normalized spacial score (nSPS) is 10.5. The molecule has 0 bridgehead atoms. The number of aryl methyl sites for hydroxylation is 3. The van der Waals surface area contributed by atoms with Gasteiger partial charge in [-0.25, -0.2) is 0 Å². The molecule has 17 heavy (non-hydrogen) atoms. The van der Waals surface area contributed by atoms with Crippen LogP contribution in [0.5, 0.6) is 0 Å². The Bertz CT molecular complexity index is 584. The summed E-state index contributed by atoms with van der Waals surface area (Å²) in [7, 11) is 0. The summed E-state index contributed by atoms with van der Waals surface area (Å²) in [6.07, 6.45) is 0. The topological polar surface area (TPSA) is 43.1 Å². The first-order valence-corrected chi connectivity index (χ1v) is 6.28. The number of ketones is 1. The molecule has 0 unspecified atom stereocenters. The molecule has 2 N–H and O–H groups in total. The number of benzene rings is 1. The smallest absolute Gasteiger partial charge is 0.194 e. The Morgan fingerprint density at radius 2 is 1.88 bits per heavy atom. The highest BCUT2D eigenvalue weighted by Crippen LogP contribution is 2.24. The first-order valence-electron chi connectivity index (χ1n) is 5.47. The summed E-state index contributed by atoms with van der Waals surface area (Å²) in [6.45, 7) is 5.91. The van der Waals surface area contributed by atoms with E-state index < -0.39 is 0 Å². The van der Waals surface area contributed by atoms with Crippen molar-refractivity contribution in [3.8, 4) is 0 Å². The van der Waals surface area contributed by atoms with E-state index in [1.54, 1.807) is 23.5 Å². The third kappa shape index (κ3) is 2.24. The summed E-state index contributed by atoms with van der Waals surface area (Å²) in [5.41, 5.74) is 8.93. The average molecular weight is 245 g/mol. The lowest BCUT2D eigenvalue weighted by atomic mass is 10.0. The van der Waals surface area contributed by atoms with E-state index in [0.717, 1.165) is 26.6 Å². The number of carbonyl (C=O) groups excluding carboxylic acids is 1. The first kappa shape index (κ1) is 11.9. The van der Waals surface area contributed by atoms with Crippen LogP contribution in [0.4, 0.5) is 5.69 Å². The van der Waals surface area contributed by atoms with Gasteiger partial charge in [-0.3, -0.25) is 4.79 Å². The van der Waals surface area contributed by atoms with Crippen LogP contribution >= 0.6 is 11.3 Å². The van der Waals surface area contributed by atoms with Crippen LogP contribution in [0.25, 0.3) is 0 Å². The largest absolute Gasteiger partial charge is 0.399 e. The first-order chi connectivity index (χ1) is 7.99. The summed E-state index contributed by atoms with van der Waals surface area (Å²) in [4.78, 5) is 14.5. The van der Waals surface area contributed by atoms with E-state index in [2.05, 4.69) is 0 Å². The molecule has 1 heterocycles. The minimum atomic E-state index is 0.0787. The van der Waals surface area contributed by atoms with Gasteiger partial charge in [-0.2, -0.15) is 0 Å². The molecule has 1 aromatic carbocycles. The average Bonchev–Trinajstić information content (AvgIpc) is 2.61. The standard InChI is InChI=1S/C14H15NOS/c1-8-6-11(4-5-13(8)15)14(16)12-7-9(2)17-10(12)3/h4-7H,15H2,1-3H3. The minimum absolute atomic E-state index is 0.0787. The molecule has 0 spiro atoms. The summed E-state index contributed by atoms with van der Waals surface area (Å²) in [6, 6.07) is 7.38. The number of rotatable bonds is 2. The van der Waals surface area contributed by atoms with Gasteiger partial charge in [0, 0.05) is 26.6 Å². The van der Waals surface area contributed by atoms with Gasteiger partial charge in [0.25, 0.3) is 0 Å². The van der Waals surface area contributed by atoms with Crippen LogP contribution in [-0.2, 0) is 0 Å². The second-order valence-corrected chi connectivity index (χ2v) is 5.69. The zero-order chi connectivity index (χ0) is 12.6. The van der Waals surface area contributed by atoms with Crippen molar-refractivity contribution in [2.75, 3.05) is 5.73 Å². The molecule has 0 aliphatic carbocycles. The minimum Gasteiger partial charge on any atom is -0.399 e. The Balaban J connectivity index is 2.44. The maximum atomic E-state index is 12.3. The SMILES string of the molecule is Cc1cc(C(=O)c2ccc(N)c(C)c2)c(C)s1. The van der Waals surface area contributed by atoms with Crippen LogP contribution in [-0.4, -0.2) is 5.78 Å². The molecule has 2 aromatic rings. The van der Waals surface area contributed by atoms with E-state index in [-0.39, 0.29) is 5.78 Å². The lowest BCUT2D eigenvalue weighted by Crippen LogP contribution is -2.02. The van der Waals surface area contributed by atoms with Gasteiger partial charge >= 0.3 is 0 Å². The number of hydrogen-bond donors (Lipinski definition) is 1. The van der Waals surface area contributed by atoms with E-state index in [0.29, 0.717) is 5.56 Å². The van der Waals surface area contributed by atoms with Crippen molar-refractivity contribution in [1.82, 2.24) is 0 Å². The third-order valence-electron chi connectivity index (χ3n) is 2.82. The zero-order valence-corrected chi connectivity index (χ0v) is 11.0. The molecule has 2 rings (SSSR count). The van der Waals surface area contributed by atoms with Gasteiger partial charge in [-0.05, 0) is 50.6 Å². The van der Waals surface area contributed by atoms with Crippen LogP contribution in [0, 0.1) is 20.8 Å². The van der Waals surface area contributed by atoms with E-state index in [9.17, 15) is 4.79 Å². The highest BCUT2D eigenvalue weighted by atomic mass is 32.1. The van der Waals surface area contributed by atoms with Crippen LogP contribution in [0.1, 0.15) is 31.2 Å². The highest BCUT2D eigenvalue weighted by molar-refractivity contribution is 7.12. The van der Waals surface area contributed by atoms with E-state index in [1.807, 2.05) is 32.9 Å². The molecule has 0 aliphatic heterocycles. The fraction of sp³-hybridized carbons (Fsp3) is 0.214. The van der Waals surface area contributed by atoms with Gasteiger partial charge in [0.2, 0.25) is 0 Å². The molecule has 0 radical (unpaired) electrons. The second kappa shape index (κ2) is 4.34. The van der Waals surface area contributed by atoms with Crippen molar-refractivity contribution < 1.29 is 4.79 Å². The molecular formula is C14H15NOS. The Morgan fingerprint density at radius 1 is 1.18 bits per heavy atom. The maximum absolute atomic E-state index is 12.3. The van der Waals surface area contributed by atoms with Gasteiger partial charge in [0.15, 0.2) is 5.78 Å². The van der Waals surface area contributed by atoms with Crippen molar-refractivity contribution in [2.45, 2.75) is 20.8 Å². The highest BCUT2D eigenvalue weighted by Gasteiger charge is 2.14. The quantitative estimate of drug-likeness (QED) is 0.650. The zero-order valence-electron chi connectivity index (χ0n) is 10.2. The van der Waals surface area contributed by atoms with Gasteiger partial charge in [-0.1, -0.05) is 0 Å². The number of nitrogen functional groups attached to an aromatic ring is 1. The van der Waals surface area contributed by atoms with Crippen molar-refractivity contribution in [3.05, 3.63) is 50.7 Å². The predicted octanol–water partition coefficient (Wildman–Crippen LogP) is 3.49. The summed E-state index contributed by atoms with van der Waals surface area (Å²) < 4.78 is 0. The predicted molar refractivity (Wildman–Crippen MR) is 72.8 cm³/mol. The fourth-order valence-corrected chi connectivity index (χ4v) is 2.75. The van der Waals surface area contributed by atoms with Gasteiger partial charge in [0.1, 0.15) is 0 Å². The summed E-state index contributed by atoms with van der Waals surface area (Å²) in [5.74, 6) is 0.0787. The Labute approximate surface area is 105 Å². The summed E-state index contributed by atoms with van der Waals surface area (Å²) >= 11 is 1.65. The van der Waals surface area contributed by atoms with Crippen molar-refractivity contribution in [3.63, 3.8) is 0 Å². The molecule has 0 fully saturated rings. The Kier molecular flexibility index (Phi) is 3.03. The second-order valence-electron chi connectivity index (χ2n) is 4.23. The monoisotopic (exact) mass is 245 g/mol. The molecule has 1 aromatic heterocycles. The van der Waals surface area contributed by atoms with E-state index in [4.69, 9.17) is 5.73 Å². The number of hydrogen-bond acceptors (Lipinski definition) is 3. The van der Waals surface area contributed by atoms with Crippen molar-refractivity contribution >= 4 is 22.8 Å². The number of nitrogens with two attached hydrogens (primary N) is 1. The maximum Gasteiger partial charge on any atom is 0.194 e. The molecule has 0 amide bonds. The lowest BCUT2D eigenvalue weighted by Gasteiger charge is -2.04. The molecule has 0 saturated carbocycles. The molecule has 88 valence electrons. The lowest BCUT2D eigenvalue weighted by molar-refractivity contribution is 0.103. The third-order valence-corrected chi connectivity index (χ3v) is 3.78. The van der Waals surface area contributed by atoms with Crippen LogP contribution in [0.15, 0.2) is 24.3 Å². The summed E-state index contributed by atoms with van der Waals surface area (Å²) in [5, 5.41) is 0. The van der Waals surface area contributed by atoms with Crippen LogP contribution in [0.3, 0.4) is 0 Å². The van der Waals surface area contributed by atoms with Gasteiger partial charge in [-0.15, -0.1) is 11.3 Å². The van der Waals surface area contributed by atoms with Gasteiger partial charge in [0.05, 0.1) is 0 Å². The Morgan fingerprint density at radius 3 is 2.41 bits per heavy atom. The molecule has 2 nitrogen and oxygen atoms in total.